The Bertz CT molecular complexity index is 682. The second-order valence-electron chi connectivity index (χ2n) is 6.70. The summed E-state index contributed by atoms with van der Waals surface area (Å²) in [5.74, 6) is 0.00749. The monoisotopic (exact) mass is 352 g/mol. The van der Waals surface area contributed by atoms with Gasteiger partial charge < -0.3 is 9.64 Å². The van der Waals surface area contributed by atoms with Crippen LogP contribution in [0.5, 0.6) is 0 Å². The Hall–Kier alpha value is -1.44. The van der Waals surface area contributed by atoms with E-state index in [9.17, 15) is 13.2 Å². The average molecular weight is 352 g/mol. The molecule has 1 aromatic carbocycles. The molecule has 1 aliphatic carbocycles. The fourth-order valence-electron chi connectivity index (χ4n) is 3.75. The van der Waals surface area contributed by atoms with Crippen molar-refractivity contribution in [2.45, 2.75) is 36.6 Å². The van der Waals surface area contributed by atoms with Crippen LogP contribution in [0.3, 0.4) is 0 Å². The Labute approximate surface area is 143 Å². The smallest absolute Gasteiger partial charge is 0.248 e. The average Bonchev–Trinajstić information content (AvgIpc) is 2.60. The minimum absolute atomic E-state index is 0.00749. The van der Waals surface area contributed by atoms with E-state index in [2.05, 4.69) is 4.72 Å². The fraction of sp³-hybridized carbons (Fsp3) is 0.588. The maximum absolute atomic E-state index is 12.5. The van der Waals surface area contributed by atoms with Crippen molar-refractivity contribution in [3.05, 3.63) is 30.3 Å². The third-order valence-corrected chi connectivity index (χ3v) is 6.89. The molecule has 1 heterocycles. The van der Waals surface area contributed by atoms with Gasteiger partial charge in [0.2, 0.25) is 15.9 Å². The van der Waals surface area contributed by atoms with Crippen molar-refractivity contribution >= 4 is 15.9 Å². The third kappa shape index (κ3) is 3.34. The summed E-state index contributed by atoms with van der Waals surface area (Å²) in [7, 11) is -1.97. The van der Waals surface area contributed by atoms with Crippen LogP contribution in [0.1, 0.15) is 25.7 Å². The first-order valence-corrected chi connectivity index (χ1v) is 9.79. The first-order chi connectivity index (χ1) is 11.5. The van der Waals surface area contributed by atoms with Crippen molar-refractivity contribution in [2.75, 3.05) is 26.8 Å². The quantitative estimate of drug-likeness (QED) is 0.869. The molecule has 1 atom stereocenters. The van der Waals surface area contributed by atoms with Gasteiger partial charge in [-0.3, -0.25) is 4.79 Å². The van der Waals surface area contributed by atoms with E-state index < -0.39 is 10.0 Å². The molecular weight excluding hydrogens is 328 g/mol. The summed E-state index contributed by atoms with van der Waals surface area (Å²) in [6, 6.07) is 8.44. The van der Waals surface area contributed by atoms with Crippen molar-refractivity contribution in [2.24, 2.45) is 5.41 Å². The van der Waals surface area contributed by atoms with E-state index in [1.54, 1.807) is 30.3 Å². The van der Waals surface area contributed by atoms with Gasteiger partial charge in [0.25, 0.3) is 0 Å². The molecule has 1 saturated heterocycles. The van der Waals surface area contributed by atoms with Gasteiger partial charge in [-0.15, -0.1) is 0 Å². The molecule has 3 rings (SSSR count). The van der Waals surface area contributed by atoms with Crippen LogP contribution in [-0.2, 0) is 19.6 Å². The second-order valence-corrected chi connectivity index (χ2v) is 8.42. The summed E-state index contributed by atoms with van der Waals surface area (Å²) < 4.78 is 32.8. The second kappa shape index (κ2) is 6.82. The van der Waals surface area contributed by atoms with Crippen molar-refractivity contribution in [3.63, 3.8) is 0 Å². The minimum atomic E-state index is -3.48. The predicted octanol–water partition coefficient (Wildman–Crippen LogP) is 1.38. The van der Waals surface area contributed by atoms with Crippen LogP contribution >= 0.6 is 0 Å². The normalized spacial score (nSPS) is 23.0. The predicted molar refractivity (Wildman–Crippen MR) is 89.9 cm³/mol. The number of sulfonamides is 1. The number of piperidine rings is 1. The number of nitrogens with zero attached hydrogens (tertiary/aromatic N) is 1. The molecule has 1 spiro atoms. The minimum Gasteiger partial charge on any atom is -0.375 e. The fourth-order valence-corrected chi connectivity index (χ4v) is 5.14. The summed E-state index contributed by atoms with van der Waals surface area (Å²) in [6.07, 6.45) is 3.55. The van der Waals surface area contributed by atoms with Gasteiger partial charge in [0.15, 0.2) is 0 Å². The number of likely N-dealkylation sites (tertiary alicyclic amines) is 1. The largest absolute Gasteiger partial charge is 0.375 e. The molecule has 2 fully saturated rings. The van der Waals surface area contributed by atoms with E-state index in [-0.39, 0.29) is 24.0 Å². The lowest BCUT2D eigenvalue weighted by molar-refractivity contribution is -0.139. The van der Waals surface area contributed by atoms with Gasteiger partial charge in [0.1, 0.15) is 6.61 Å². The molecule has 0 aromatic heterocycles. The molecule has 24 heavy (non-hydrogen) atoms. The lowest BCUT2D eigenvalue weighted by Crippen LogP contribution is -2.59. The molecule has 1 saturated carbocycles. The number of amides is 1. The van der Waals surface area contributed by atoms with Gasteiger partial charge in [-0.25, -0.2) is 13.1 Å². The van der Waals surface area contributed by atoms with Gasteiger partial charge in [0, 0.05) is 26.2 Å². The molecule has 0 unspecified atom stereocenters. The Balaban J connectivity index is 1.63. The molecule has 1 aliphatic heterocycles. The number of nitrogens with one attached hydrogen (secondary N) is 1. The molecule has 0 radical (unpaired) electrons. The SMILES string of the molecule is COCC(=O)N1CCC2(CC[C@H]2NS(=O)(=O)c2ccccc2)CC1. The van der Waals surface area contributed by atoms with Gasteiger partial charge in [-0.05, 0) is 43.2 Å². The van der Waals surface area contributed by atoms with Gasteiger partial charge >= 0.3 is 0 Å². The molecule has 1 N–H and O–H groups in total. The molecule has 2 aliphatic rings. The van der Waals surface area contributed by atoms with E-state index >= 15 is 0 Å². The van der Waals surface area contributed by atoms with E-state index in [4.69, 9.17) is 4.74 Å². The van der Waals surface area contributed by atoms with Crippen LogP contribution in [0.15, 0.2) is 35.2 Å². The zero-order chi connectivity index (χ0) is 17.2. The van der Waals surface area contributed by atoms with Crippen molar-refractivity contribution in [1.82, 2.24) is 9.62 Å². The number of ether oxygens (including phenoxy) is 1. The summed E-state index contributed by atoms with van der Waals surface area (Å²) in [4.78, 5) is 14.0. The Kier molecular flexibility index (Phi) is 4.94. The molecule has 0 bridgehead atoms. The first-order valence-electron chi connectivity index (χ1n) is 8.31. The summed E-state index contributed by atoms with van der Waals surface area (Å²) in [5.41, 5.74) is -0.00823. The number of carbonyl (C=O) groups is 1. The zero-order valence-electron chi connectivity index (χ0n) is 13.9. The van der Waals surface area contributed by atoms with Crippen LogP contribution in [0.2, 0.25) is 0 Å². The maximum Gasteiger partial charge on any atom is 0.248 e. The van der Waals surface area contributed by atoms with E-state index in [0.29, 0.717) is 18.0 Å². The molecule has 6 nitrogen and oxygen atoms in total. The molecule has 7 heteroatoms. The number of benzene rings is 1. The maximum atomic E-state index is 12.5. The number of methoxy groups -OCH3 is 1. The Morgan fingerprint density at radius 1 is 1.25 bits per heavy atom. The standard InChI is InChI=1S/C17H24N2O4S/c1-23-13-16(20)19-11-9-17(10-12-19)8-7-15(17)18-24(21,22)14-5-3-2-4-6-14/h2-6,15,18H,7-13H2,1H3/t15-/m1/s1. The number of carbonyl (C=O) groups excluding carboxylic acids is 1. The van der Waals surface area contributed by atoms with E-state index in [1.165, 1.54) is 7.11 Å². The highest BCUT2D eigenvalue weighted by atomic mass is 32.2. The van der Waals surface area contributed by atoms with Crippen LogP contribution in [-0.4, -0.2) is 52.1 Å². The van der Waals surface area contributed by atoms with Crippen LogP contribution < -0.4 is 4.72 Å². The molecule has 132 valence electrons. The first kappa shape index (κ1) is 17.4. The lowest BCUT2D eigenvalue weighted by Gasteiger charge is -2.53. The summed E-state index contributed by atoms with van der Waals surface area (Å²) >= 11 is 0. The van der Waals surface area contributed by atoms with Crippen molar-refractivity contribution in [3.8, 4) is 0 Å². The molecule has 1 aromatic rings. The number of hydrogen-bond donors (Lipinski definition) is 1. The van der Waals surface area contributed by atoms with E-state index in [0.717, 1.165) is 25.7 Å². The van der Waals surface area contributed by atoms with Crippen LogP contribution in [0.4, 0.5) is 0 Å². The highest BCUT2D eigenvalue weighted by Crippen LogP contribution is 2.49. The van der Waals surface area contributed by atoms with Gasteiger partial charge in [-0.2, -0.15) is 0 Å². The molecular formula is C17H24N2O4S. The number of rotatable bonds is 5. The third-order valence-electron chi connectivity index (χ3n) is 5.40. The topological polar surface area (TPSA) is 75.7 Å². The highest BCUT2D eigenvalue weighted by Gasteiger charge is 2.50. The molecule has 1 amide bonds. The van der Waals surface area contributed by atoms with Crippen molar-refractivity contribution in [1.29, 1.82) is 0 Å². The van der Waals surface area contributed by atoms with Crippen molar-refractivity contribution < 1.29 is 17.9 Å². The van der Waals surface area contributed by atoms with Crippen LogP contribution in [0.25, 0.3) is 0 Å². The summed E-state index contributed by atoms with van der Waals surface area (Å²) in [5, 5.41) is 0. The van der Waals surface area contributed by atoms with E-state index in [1.807, 2.05) is 4.90 Å². The zero-order valence-corrected chi connectivity index (χ0v) is 14.7. The summed E-state index contributed by atoms with van der Waals surface area (Å²) in [6.45, 7) is 1.45. The van der Waals surface area contributed by atoms with Gasteiger partial charge in [0.05, 0.1) is 4.90 Å². The van der Waals surface area contributed by atoms with Crippen LogP contribution in [0, 0.1) is 5.41 Å². The number of hydrogen-bond acceptors (Lipinski definition) is 4. The van der Waals surface area contributed by atoms with Gasteiger partial charge in [-0.1, -0.05) is 18.2 Å². The highest BCUT2D eigenvalue weighted by molar-refractivity contribution is 7.89. The Morgan fingerprint density at radius 3 is 2.46 bits per heavy atom. The Morgan fingerprint density at radius 2 is 1.92 bits per heavy atom. The lowest BCUT2D eigenvalue weighted by atomic mass is 9.59.